The van der Waals surface area contributed by atoms with Gasteiger partial charge in [-0.3, -0.25) is 4.79 Å². The highest BCUT2D eigenvalue weighted by Gasteiger charge is 2.15. The minimum absolute atomic E-state index is 0.0371. The van der Waals surface area contributed by atoms with E-state index in [-0.39, 0.29) is 11.8 Å². The molecule has 2 N–H and O–H groups in total. The summed E-state index contributed by atoms with van der Waals surface area (Å²) < 4.78 is 0. The molecule has 23 heavy (non-hydrogen) atoms. The number of amides is 1. The molecule has 1 aromatic heterocycles. The molecule has 1 amide bonds. The third-order valence-corrected chi connectivity index (χ3v) is 4.20. The molecule has 3 aromatic rings. The van der Waals surface area contributed by atoms with Gasteiger partial charge in [0.15, 0.2) is 0 Å². The molecule has 118 valence electrons. The second-order valence-corrected chi connectivity index (χ2v) is 5.99. The minimum atomic E-state index is -0.0371. The highest BCUT2D eigenvalue weighted by molar-refractivity contribution is 5.84. The van der Waals surface area contributed by atoms with Gasteiger partial charge >= 0.3 is 0 Å². The van der Waals surface area contributed by atoms with E-state index >= 15 is 0 Å². The fourth-order valence-electron chi connectivity index (χ4n) is 2.87. The Bertz CT molecular complexity index is 776. The Balaban J connectivity index is 1.53. The average molecular weight is 306 g/mol. The molecule has 0 spiro atoms. The largest absolute Gasteiger partial charge is 0.361 e. The van der Waals surface area contributed by atoms with Crippen molar-refractivity contribution in [1.29, 1.82) is 0 Å². The molecule has 1 unspecified atom stereocenters. The van der Waals surface area contributed by atoms with Crippen LogP contribution < -0.4 is 5.32 Å². The molecule has 3 nitrogen and oxygen atoms in total. The van der Waals surface area contributed by atoms with Gasteiger partial charge in [0.1, 0.15) is 0 Å². The molecule has 3 heteroatoms. The number of aromatic amines is 1. The fraction of sp³-hybridized carbons (Fsp3) is 0.250. The lowest BCUT2D eigenvalue weighted by Gasteiger charge is -2.12. The molecule has 0 saturated carbocycles. The topological polar surface area (TPSA) is 44.9 Å². The van der Waals surface area contributed by atoms with Gasteiger partial charge in [-0.25, -0.2) is 0 Å². The van der Waals surface area contributed by atoms with Gasteiger partial charge in [0.25, 0.3) is 0 Å². The summed E-state index contributed by atoms with van der Waals surface area (Å²) in [7, 11) is 0. The predicted molar refractivity (Wildman–Crippen MR) is 94.3 cm³/mol. The molecule has 0 aliphatic rings. The molecular weight excluding hydrogens is 284 g/mol. The van der Waals surface area contributed by atoms with Crippen molar-refractivity contribution in [2.24, 2.45) is 5.92 Å². The van der Waals surface area contributed by atoms with Crippen molar-refractivity contribution in [3.8, 4) is 0 Å². The summed E-state index contributed by atoms with van der Waals surface area (Å²) in [5.74, 6) is 0.0798. The first-order chi connectivity index (χ1) is 11.2. The van der Waals surface area contributed by atoms with Crippen LogP contribution in [0.3, 0.4) is 0 Å². The van der Waals surface area contributed by atoms with Gasteiger partial charge in [-0.2, -0.15) is 0 Å². The van der Waals surface area contributed by atoms with Gasteiger partial charge in [0, 0.05) is 29.6 Å². The highest BCUT2D eigenvalue weighted by Crippen LogP contribution is 2.20. The number of carbonyl (C=O) groups excluding carboxylic acids is 1. The first-order valence-corrected chi connectivity index (χ1v) is 8.10. The number of aromatic nitrogens is 1. The Morgan fingerprint density at radius 2 is 1.83 bits per heavy atom. The van der Waals surface area contributed by atoms with E-state index in [1.54, 1.807) is 0 Å². The van der Waals surface area contributed by atoms with Crippen LogP contribution in [-0.4, -0.2) is 17.4 Å². The van der Waals surface area contributed by atoms with Crippen LogP contribution in [0.25, 0.3) is 10.9 Å². The molecule has 0 saturated heterocycles. The van der Waals surface area contributed by atoms with Crippen LogP contribution in [0.15, 0.2) is 60.8 Å². The fourth-order valence-corrected chi connectivity index (χ4v) is 2.87. The molecule has 3 rings (SSSR count). The van der Waals surface area contributed by atoms with E-state index in [0.29, 0.717) is 6.54 Å². The third-order valence-electron chi connectivity index (χ3n) is 4.20. The van der Waals surface area contributed by atoms with Crippen LogP contribution in [-0.2, 0) is 17.6 Å². The van der Waals surface area contributed by atoms with E-state index in [1.807, 2.05) is 43.5 Å². The van der Waals surface area contributed by atoms with Crippen molar-refractivity contribution in [2.45, 2.75) is 19.8 Å². The van der Waals surface area contributed by atoms with Gasteiger partial charge in [0.05, 0.1) is 0 Å². The SMILES string of the molecule is CC(Cc1c[nH]c2ccccc12)C(=O)NCCc1ccccc1. The van der Waals surface area contributed by atoms with Gasteiger partial charge in [-0.1, -0.05) is 55.5 Å². The maximum Gasteiger partial charge on any atom is 0.223 e. The lowest BCUT2D eigenvalue weighted by Crippen LogP contribution is -2.31. The van der Waals surface area contributed by atoms with Crippen LogP contribution in [0.1, 0.15) is 18.1 Å². The standard InChI is InChI=1S/C20H22N2O/c1-15(13-17-14-22-19-10-6-5-9-18(17)19)20(23)21-12-11-16-7-3-2-4-8-16/h2-10,14-15,22H,11-13H2,1H3,(H,21,23). The van der Waals surface area contributed by atoms with Crippen molar-refractivity contribution in [3.05, 3.63) is 71.9 Å². The van der Waals surface area contributed by atoms with E-state index in [9.17, 15) is 4.79 Å². The molecule has 0 radical (unpaired) electrons. The number of hydrogen-bond acceptors (Lipinski definition) is 1. The maximum atomic E-state index is 12.3. The zero-order chi connectivity index (χ0) is 16.1. The van der Waals surface area contributed by atoms with Crippen LogP contribution in [0.2, 0.25) is 0 Å². The maximum absolute atomic E-state index is 12.3. The Hall–Kier alpha value is -2.55. The summed E-state index contributed by atoms with van der Waals surface area (Å²) in [6, 6.07) is 18.4. The lowest BCUT2D eigenvalue weighted by molar-refractivity contribution is -0.124. The van der Waals surface area contributed by atoms with Crippen LogP contribution >= 0.6 is 0 Å². The van der Waals surface area contributed by atoms with Crippen molar-refractivity contribution < 1.29 is 4.79 Å². The molecular formula is C20H22N2O. The summed E-state index contributed by atoms with van der Waals surface area (Å²) >= 11 is 0. The number of H-pyrrole nitrogens is 1. The van der Waals surface area contributed by atoms with Gasteiger partial charge < -0.3 is 10.3 Å². The van der Waals surface area contributed by atoms with Gasteiger partial charge in [0.2, 0.25) is 5.91 Å². The zero-order valence-corrected chi connectivity index (χ0v) is 13.4. The Morgan fingerprint density at radius 1 is 1.09 bits per heavy atom. The average Bonchev–Trinajstić information content (AvgIpc) is 2.99. The van der Waals surface area contributed by atoms with E-state index in [0.717, 1.165) is 18.4 Å². The van der Waals surface area contributed by atoms with Crippen LogP contribution in [0.5, 0.6) is 0 Å². The first kappa shape index (κ1) is 15.3. The van der Waals surface area contributed by atoms with E-state index < -0.39 is 0 Å². The van der Waals surface area contributed by atoms with Crippen molar-refractivity contribution >= 4 is 16.8 Å². The monoisotopic (exact) mass is 306 g/mol. The van der Waals surface area contributed by atoms with Crippen molar-refractivity contribution in [3.63, 3.8) is 0 Å². The lowest BCUT2D eigenvalue weighted by atomic mass is 10.00. The number of carbonyl (C=O) groups is 1. The summed E-state index contributed by atoms with van der Waals surface area (Å²) in [6.45, 7) is 2.67. The Kier molecular flexibility index (Phi) is 4.77. The van der Waals surface area contributed by atoms with E-state index in [2.05, 4.69) is 34.6 Å². The quantitative estimate of drug-likeness (QED) is 0.716. The molecule has 2 aromatic carbocycles. The number of hydrogen-bond donors (Lipinski definition) is 2. The Labute approximate surface area is 136 Å². The number of nitrogens with one attached hydrogen (secondary N) is 2. The molecule has 1 atom stereocenters. The molecule has 0 fully saturated rings. The summed E-state index contributed by atoms with van der Waals surface area (Å²) in [5.41, 5.74) is 3.57. The second-order valence-electron chi connectivity index (χ2n) is 5.99. The number of para-hydroxylation sites is 1. The predicted octanol–water partition coefficient (Wildman–Crippen LogP) is 3.71. The second kappa shape index (κ2) is 7.14. The highest BCUT2D eigenvalue weighted by atomic mass is 16.1. The minimum Gasteiger partial charge on any atom is -0.361 e. The van der Waals surface area contributed by atoms with Gasteiger partial charge in [-0.05, 0) is 30.0 Å². The molecule has 0 aliphatic carbocycles. The summed E-state index contributed by atoms with van der Waals surface area (Å²) in [5, 5.41) is 4.25. The number of benzene rings is 2. The van der Waals surface area contributed by atoms with Gasteiger partial charge in [-0.15, -0.1) is 0 Å². The van der Waals surface area contributed by atoms with Crippen LogP contribution in [0.4, 0.5) is 0 Å². The zero-order valence-electron chi connectivity index (χ0n) is 13.4. The summed E-state index contributed by atoms with van der Waals surface area (Å²) in [6.07, 6.45) is 3.63. The first-order valence-electron chi connectivity index (χ1n) is 8.10. The third kappa shape index (κ3) is 3.81. The summed E-state index contributed by atoms with van der Waals surface area (Å²) in [4.78, 5) is 15.5. The van der Waals surface area contributed by atoms with Crippen LogP contribution in [0, 0.1) is 5.92 Å². The normalized spacial score (nSPS) is 12.2. The number of rotatable bonds is 6. The molecule has 0 aliphatic heterocycles. The van der Waals surface area contributed by atoms with E-state index in [4.69, 9.17) is 0 Å². The van der Waals surface area contributed by atoms with E-state index in [1.165, 1.54) is 16.5 Å². The smallest absolute Gasteiger partial charge is 0.223 e. The Morgan fingerprint density at radius 3 is 2.65 bits per heavy atom. The molecule has 0 bridgehead atoms. The molecule has 1 heterocycles. The van der Waals surface area contributed by atoms with Crippen molar-refractivity contribution in [2.75, 3.05) is 6.54 Å². The van der Waals surface area contributed by atoms with Crippen molar-refractivity contribution in [1.82, 2.24) is 10.3 Å². The number of fused-ring (bicyclic) bond motifs is 1.